The van der Waals surface area contributed by atoms with Crippen molar-refractivity contribution in [2.45, 2.75) is 31.5 Å². The number of hydrogen-bond acceptors (Lipinski definition) is 5. The lowest BCUT2D eigenvalue weighted by atomic mass is 10.1. The van der Waals surface area contributed by atoms with Crippen molar-refractivity contribution in [3.05, 3.63) is 52.7 Å². The second-order valence-corrected chi connectivity index (χ2v) is 9.82. The van der Waals surface area contributed by atoms with E-state index in [2.05, 4.69) is 15.4 Å². The second-order valence-electron chi connectivity index (χ2n) is 9.42. The third kappa shape index (κ3) is 5.38. The van der Waals surface area contributed by atoms with Crippen LogP contribution in [0.4, 0.5) is 18.9 Å². The molecule has 0 bridgehead atoms. The molecule has 0 unspecified atom stereocenters. The third-order valence-electron chi connectivity index (χ3n) is 6.75. The van der Waals surface area contributed by atoms with Gasteiger partial charge in [0, 0.05) is 32.0 Å². The number of imidazole rings is 1. The summed E-state index contributed by atoms with van der Waals surface area (Å²) in [5.74, 6) is -0.681. The first-order valence-corrected chi connectivity index (χ1v) is 12.2. The lowest BCUT2D eigenvalue weighted by Gasteiger charge is -2.17. The van der Waals surface area contributed by atoms with E-state index in [0.717, 1.165) is 19.3 Å². The largest absolute Gasteiger partial charge is 0.435 e. The Kier molecular flexibility index (Phi) is 7.78. The van der Waals surface area contributed by atoms with Crippen molar-refractivity contribution in [2.24, 2.45) is 18.7 Å². The molecule has 2 amide bonds. The molecule has 1 saturated carbocycles. The van der Waals surface area contributed by atoms with Gasteiger partial charge in [0.25, 0.3) is 11.8 Å². The molecule has 1 atom stereocenters. The Morgan fingerprint density at radius 2 is 1.97 bits per heavy atom. The molecule has 3 aromatic rings. The molecule has 204 valence electrons. The fraction of sp³-hybridized carbons (Fsp3) is 0.417. The number of nitrogens with one attached hydrogen (secondary N) is 1. The van der Waals surface area contributed by atoms with Crippen LogP contribution in [0.25, 0.3) is 11.3 Å². The Labute approximate surface area is 227 Å². The van der Waals surface area contributed by atoms with Crippen LogP contribution in [0.3, 0.4) is 0 Å². The van der Waals surface area contributed by atoms with E-state index in [-0.39, 0.29) is 52.4 Å². The molecule has 9 nitrogen and oxygen atoms in total. The molecular formula is C24H26Cl2F3N7O2. The average Bonchev–Trinajstić information content (AvgIpc) is 3.25. The van der Waals surface area contributed by atoms with Gasteiger partial charge in [-0.05, 0) is 49.9 Å². The number of rotatable bonds is 6. The van der Waals surface area contributed by atoms with Gasteiger partial charge in [-0.15, -0.1) is 12.4 Å². The number of carbonyl (C=O) groups excluding carboxylic acids is 2. The van der Waals surface area contributed by atoms with Gasteiger partial charge in [0.05, 0.1) is 34.1 Å². The van der Waals surface area contributed by atoms with Crippen LogP contribution in [0, 0.1) is 5.92 Å². The molecule has 3 N–H and O–H groups in total. The van der Waals surface area contributed by atoms with Gasteiger partial charge in [-0.3, -0.25) is 14.3 Å². The molecule has 5 rings (SSSR count). The van der Waals surface area contributed by atoms with E-state index in [9.17, 15) is 22.8 Å². The monoisotopic (exact) mass is 571 g/mol. The minimum atomic E-state index is -4.65. The summed E-state index contributed by atoms with van der Waals surface area (Å²) in [6.45, 7) is 1.69. The third-order valence-corrected chi connectivity index (χ3v) is 7.07. The van der Waals surface area contributed by atoms with E-state index in [4.69, 9.17) is 17.3 Å². The van der Waals surface area contributed by atoms with Crippen LogP contribution in [0.1, 0.15) is 52.0 Å². The van der Waals surface area contributed by atoms with Gasteiger partial charge < -0.3 is 20.5 Å². The van der Waals surface area contributed by atoms with E-state index < -0.39 is 17.8 Å². The van der Waals surface area contributed by atoms with Gasteiger partial charge in [-0.2, -0.15) is 18.3 Å². The highest BCUT2D eigenvalue weighted by molar-refractivity contribution is 6.34. The Hall–Kier alpha value is -3.09. The normalized spacial score (nSPS) is 17.4. The number of nitrogens with zero attached hydrogens (tertiary/aromatic N) is 5. The summed E-state index contributed by atoms with van der Waals surface area (Å²) in [7, 11) is 1.46. The van der Waals surface area contributed by atoms with Crippen LogP contribution in [0.5, 0.6) is 0 Å². The smallest absolute Gasteiger partial charge is 0.338 e. The number of likely N-dealkylation sites (tertiary alicyclic amines) is 1. The van der Waals surface area contributed by atoms with Crippen molar-refractivity contribution in [1.29, 1.82) is 0 Å². The molecule has 2 aliphatic rings. The first kappa shape index (κ1) is 27.9. The van der Waals surface area contributed by atoms with Crippen LogP contribution in [0.2, 0.25) is 5.02 Å². The second kappa shape index (κ2) is 10.6. The number of hydrogen-bond donors (Lipinski definition) is 2. The molecule has 2 fully saturated rings. The lowest BCUT2D eigenvalue weighted by molar-refractivity contribution is -0.141. The minimum Gasteiger partial charge on any atom is -0.338 e. The number of amides is 2. The predicted octanol–water partition coefficient (Wildman–Crippen LogP) is 4.39. The number of carbonyl (C=O) groups is 2. The van der Waals surface area contributed by atoms with Crippen LogP contribution in [0.15, 0.2) is 30.6 Å². The molecule has 1 aliphatic heterocycles. The van der Waals surface area contributed by atoms with Crippen LogP contribution in [-0.4, -0.2) is 55.7 Å². The highest BCUT2D eigenvalue weighted by Crippen LogP contribution is 2.41. The Morgan fingerprint density at radius 1 is 1.24 bits per heavy atom. The van der Waals surface area contributed by atoms with Crippen molar-refractivity contribution in [3.8, 4) is 11.3 Å². The predicted molar refractivity (Wildman–Crippen MR) is 137 cm³/mol. The summed E-state index contributed by atoms with van der Waals surface area (Å²) in [5, 5.41) is 6.56. The standard InChI is InChI=1S/C24H25ClF3N7O2.ClH/c1-33-19(17-12-35(15-3-4-15)32-20(17)24(26,27)28)10-30-21(33)22(36)31-14-2-5-16(18(25)8-14)23(37)34-7-6-13(9-29)11-34;/h2,5,8,10,12-13,15H,3-4,6-7,9,11,29H2,1H3,(H,31,36);1H/t13-;/m0./s1. The number of aromatic nitrogens is 4. The molecule has 1 aliphatic carbocycles. The quantitative estimate of drug-likeness (QED) is 0.456. The fourth-order valence-corrected chi connectivity index (χ4v) is 4.78. The van der Waals surface area contributed by atoms with Gasteiger partial charge >= 0.3 is 6.18 Å². The maximum atomic E-state index is 13.6. The first-order chi connectivity index (χ1) is 17.6. The number of nitrogens with two attached hydrogens (primary N) is 1. The molecule has 3 heterocycles. The molecule has 1 aromatic carbocycles. The Morgan fingerprint density at radius 3 is 2.58 bits per heavy atom. The fourth-order valence-electron chi connectivity index (χ4n) is 4.52. The van der Waals surface area contributed by atoms with Gasteiger partial charge in [-0.1, -0.05) is 11.6 Å². The van der Waals surface area contributed by atoms with Gasteiger partial charge in [0.2, 0.25) is 0 Å². The average molecular weight is 572 g/mol. The Bertz CT molecular complexity index is 1370. The summed E-state index contributed by atoms with van der Waals surface area (Å²) in [4.78, 5) is 31.5. The molecule has 0 radical (unpaired) electrons. The van der Waals surface area contributed by atoms with Crippen molar-refractivity contribution in [1.82, 2.24) is 24.2 Å². The van der Waals surface area contributed by atoms with E-state index in [0.29, 0.717) is 30.9 Å². The number of benzene rings is 1. The summed E-state index contributed by atoms with van der Waals surface area (Å²) in [6.07, 6.45) is 0.305. The Balaban J connectivity index is 0.00000336. The topological polar surface area (TPSA) is 111 Å². The molecule has 38 heavy (non-hydrogen) atoms. The summed E-state index contributed by atoms with van der Waals surface area (Å²) in [6, 6.07) is 4.48. The maximum Gasteiger partial charge on any atom is 0.435 e. The van der Waals surface area contributed by atoms with Crippen molar-refractivity contribution >= 4 is 41.5 Å². The number of halogens is 5. The molecule has 14 heteroatoms. The minimum absolute atomic E-state index is 0. The first-order valence-electron chi connectivity index (χ1n) is 11.9. The zero-order chi connectivity index (χ0) is 26.5. The molecular weight excluding hydrogens is 546 g/mol. The molecule has 2 aromatic heterocycles. The van der Waals surface area contributed by atoms with E-state index in [1.807, 2.05) is 0 Å². The van der Waals surface area contributed by atoms with Gasteiger partial charge in [0.15, 0.2) is 11.5 Å². The highest BCUT2D eigenvalue weighted by Gasteiger charge is 2.40. The SMILES string of the molecule is Cl.Cn1c(-c2cn(C3CC3)nc2C(F)(F)F)cnc1C(=O)Nc1ccc(C(=O)N2CC[C@@H](CN)C2)c(Cl)c1. The van der Waals surface area contributed by atoms with Crippen molar-refractivity contribution in [2.75, 3.05) is 25.0 Å². The van der Waals surface area contributed by atoms with Gasteiger partial charge in [0.1, 0.15) is 0 Å². The van der Waals surface area contributed by atoms with Gasteiger partial charge in [-0.25, -0.2) is 4.98 Å². The number of alkyl halides is 3. The zero-order valence-corrected chi connectivity index (χ0v) is 21.9. The van der Waals surface area contributed by atoms with E-state index in [1.165, 1.54) is 40.8 Å². The van der Waals surface area contributed by atoms with Crippen LogP contribution < -0.4 is 11.1 Å². The summed E-state index contributed by atoms with van der Waals surface area (Å²) < 4.78 is 43.6. The summed E-state index contributed by atoms with van der Waals surface area (Å²) >= 11 is 6.35. The summed E-state index contributed by atoms with van der Waals surface area (Å²) in [5.41, 5.74) is 5.28. The number of anilines is 1. The van der Waals surface area contributed by atoms with E-state index >= 15 is 0 Å². The van der Waals surface area contributed by atoms with E-state index in [1.54, 1.807) is 11.0 Å². The molecule has 1 saturated heterocycles. The van der Waals surface area contributed by atoms with Crippen molar-refractivity contribution in [3.63, 3.8) is 0 Å². The molecule has 0 spiro atoms. The van der Waals surface area contributed by atoms with Crippen LogP contribution in [-0.2, 0) is 13.2 Å². The highest BCUT2D eigenvalue weighted by atomic mass is 35.5. The van der Waals surface area contributed by atoms with Crippen molar-refractivity contribution < 1.29 is 22.8 Å². The zero-order valence-electron chi connectivity index (χ0n) is 20.3. The van der Waals surface area contributed by atoms with Crippen LogP contribution >= 0.6 is 24.0 Å². The maximum absolute atomic E-state index is 13.6. The lowest BCUT2D eigenvalue weighted by Crippen LogP contribution is -2.30.